The van der Waals surface area contributed by atoms with Crippen molar-refractivity contribution >= 4 is 5.95 Å². The smallest absolute Gasteiger partial charge is 0.373 e. The predicted octanol–water partition coefficient (Wildman–Crippen LogP) is 1.26. The molecule has 1 fully saturated rings. The van der Waals surface area contributed by atoms with E-state index < -0.39 is 11.9 Å². The van der Waals surface area contributed by atoms with Crippen LogP contribution in [0.2, 0.25) is 0 Å². The monoisotopic (exact) mass is 290 g/mol. The van der Waals surface area contributed by atoms with Gasteiger partial charge in [0, 0.05) is 25.8 Å². The van der Waals surface area contributed by atoms with Gasteiger partial charge in [0.2, 0.25) is 5.95 Å². The second-order valence-electron chi connectivity index (χ2n) is 4.94. The zero-order valence-corrected chi connectivity index (χ0v) is 11.4. The van der Waals surface area contributed by atoms with Crippen LogP contribution in [0.5, 0.6) is 0 Å². The number of nitrogens with zero attached hydrogens (tertiary/aromatic N) is 4. The summed E-state index contributed by atoms with van der Waals surface area (Å²) in [5.41, 5.74) is -0.918. The van der Waals surface area contributed by atoms with Gasteiger partial charge < -0.3 is 14.5 Å². The number of ether oxygens (including phenoxy) is 1. The predicted molar refractivity (Wildman–Crippen MR) is 67.5 cm³/mol. The van der Waals surface area contributed by atoms with Gasteiger partial charge in [0.15, 0.2) is 0 Å². The minimum absolute atomic E-state index is 0.0584. The molecule has 0 aliphatic carbocycles. The van der Waals surface area contributed by atoms with Crippen molar-refractivity contribution in [2.45, 2.75) is 12.3 Å². The Bertz CT molecular complexity index is 453. The van der Waals surface area contributed by atoms with Gasteiger partial charge in [-0.2, -0.15) is 13.2 Å². The molecule has 112 valence electrons. The van der Waals surface area contributed by atoms with Crippen molar-refractivity contribution < 1.29 is 17.9 Å². The molecule has 1 saturated heterocycles. The fourth-order valence-electron chi connectivity index (χ4n) is 2.08. The van der Waals surface area contributed by atoms with Crippen molar-refractivity contribution in [1.82, 2.24) is 14.9 Å². The topological polar surface area (TPSA) is 41.5 Å². The molecule has 0 amide bonds. The van der Waals surface area contributed by atoms with E-state index in [4.69, 9.17) is 4.74 Å². The molecule has 0 unspecified atom stereocenters. The van der Waals surface area contributed by atoms with Gasteiger partial charge >= 0.3 is 6.18 Å². The number of alkyl halides is 3. The lowest BCUT2D eigenvalue weighted by atomic mass is 10.2. The van der Waals surface area contributed by atoms with Crippen LogP contribution in [0.1, 0.15) is 5.69 Å². The molecule has 0 saturated carbocycles. The van der Waals surface area contributed by atoms with Crippen molar-refractivity contribution in [3.05, 3.63) is 18.0 Å². The Morgan fingerprint density at radius 1 is 1.45 bits per heavy atom. The van der Waals surface area contributed by atoms with E-state index in [9.17, 15) is 13.2 Å². The maximum absolute atomic E-state index is 12.6. The standard InChI is InChI=1S/C12H17F3N4O/c1-18(2)7-9-8-19(5-6-20-9)11-16-4-3-10(17-11)12(13,14)15/h3-4,9H,5-8H2,1-2H3/t9-/m0/s1. The fourth-order valence-corrected chi connectivity index (χ4v) is 2.08. The van der Waals surface area contributed by atoms with Crippen molar-refractivity contribution in [2.75, 3.05) is 45.2 Å². The highest BCUT2D eigenvalue weighted by Gasteiger charge is 2.33. The Kier molecular flexibility index (Phi) is 4.44. The number of halogens is 3. The zero-order valence-electron chi connectivity index (χ0n) is 11.4. The number of morpholine rings is 1. The van der Waals surface area contributed by atoms with Gasteiger partial charge in [-0.15, -0.1) is 0 Å². The molecule has 0 N–H and O–H groups in total. The second kappa shape index (κ2) is 5.92. The SMILES string of the molecule is CN(C)C[C@H]1CN(c2nccc(C(F)(F)F)n2)CCO1. The van der Waals surface area contributed by atoms with Crippen LogP contribution in [0.25, 0.3) is 0 Å². The quantitative estimate of drug-likeness (QED) is 0.838. The molecule has 20 heavy (non-hydrogen) atoms. The Morgan fingerprint density at radius 3 is 2.85 bits per heavy atom. The molecule has 0 aromatic carbocycles. The van der Waals surface area contributed by atoms with E-state index in [0.717, 1.165) is 12.3 Å². The van der Waals surface area contributed by atoms with Crippen molar-refractivity contribution in [3.8, 4) is 0 Å². The van der Waals surface area contributed by atoms with Gasteiger partial charge in [0.1, 0.15) is 5.69 Å². The summed E-state index contributed by atoms with van der Waals surface area (Å²) in [4.78, 5) is 11.2. The first kappa shape index (κ1) is 15.0. The molecule has 5 nitrogen and oxygen atoms in total. The van der Waals surface area contributed by atoms with Gasteiger partial charge in [-0.25, -0.2) is 9.97 Å². The van der Waals surface area contributed by atoms with Crippen molar-refractivity contribution in [2.24, 2.45) is 0 Å². The summed E-state index contributed by atoms with van der Waals surface area (Å²) >= 11 is 0. The maximum Gasteiger partial charge on any atom is 0.433 e. The Hall–Kier alpha value is -1.41. The van der Waals surface area contributed by atoms with E-state index in [2.05, 4.69) is 9.97 Å². The van der Waals surface area contributed by atoms with Crippen molar-refractivity contribution in [3.63, 3.8) is 0 Å². The highest BCUT2D eigenvalue weighted by molar-refractivity contribution is 5.31. The van der Waals surface area contributed by atoms with E-state index in [-0.39, 0.29) is 12.1 Å². The highest BCUT2D eigenvalue weighted by atomic mass is 19.4. The average molecular weight is 290 g/mol. The van der Waals surface area contributed by atoms with Gasteiger partial charge in [-0.3, -0.25) is 0 Å². The minimum atomic E-state index is -4.45. The van der Waals surface area contributed by atoms with Crippen LogP contribution in [0.15, 0.2) is 12.3 Å². The summed E-state index contributed by atoms with van der Waals surface area (Å²) in [5, 5.41) is 0. The molecule has 1 aliphatic rings. The number of anilines is 1. The summed E-state index contributed by atoms with van der Waals surface area (Å²) in [6, 6.07) is 0.876. The van der Waals surface area contributed by atoms with Crippen LogP contribution in [0.3, 0.4) is 0 Å². The van der Waals surface area contributed by atoms with Crippen LogP contribution in [-0.2, 0) is 10.9 Å². The van der Waals surface area contributed by atoms with Gasteiger partial charge in [0.05, 0.1) is 12.7 Å². The molecule has 1 atom stereocenters. The molecule has 2 rings (SSSR count). The Morgan fingerprint density at radius 2 is 2.20 bits per heavy atom. The molecule has 8 heteroatoms. The van der Waals surface area contributed by atoms with Crippen LogP contribution in [0.4, 0.5) is 19.1 Å². The summed E-state index contributed by atoms with van der Waals surface area (Å²) < 4.78 is 43.5. The largest absolute Gasteiger partial charge is 0.433 e. The molecule has 0 spiro atoms. The third kappa shape index (κ3) is 3.80. The van der Waals surface area contributed by atoms with Gasteiger partial charge in [0.25, 0.3) is 0 Å². The van der Waals surface area contributed by atoms with Crippen LogP contribution in [0, 0.1) is 0 Å². The number of aromatic nitrogens is 2. The maximum atomic E-state index is 12.6. The summed E-state index contributed by atoms with van der Waals surface area (Å²) in [6.07, 6.45) is -3.37. The van der Waals surface area contributed by atoms with E-state index in [0.29, 0.717) is 26.2 Å². The van der Waals surface area contributed by atoms with Crippen LogP contribution in [-0.4, -0.2) is 61.3 Å². The third-order valence-electron chi connectivity index (χ3n) is 2.92. The first-order valence-corrected chi connectivity index (χ1v) is 6.28. The highest BCUT2D eigenvalue weighted by Crippen LogP contribution is 2.28. The summed E-state index contributed by atoms with van der Waals surface area (Å²) in [6.45, 7) is 2.14. The number of likely N-dealkylation sites (N-methyl/N-ethyl adjacent to an activating group) is 1. The molecule has 0 radical (unpaired) electrons. The average Bonchev–Trinajstić information content (AvgIpc) is 2.37. The lowest BCUT2D eigenvalue weighted by Crippen LogP contribution is -2.47. The molecular formula is C12H17F3N4O. The van der Waals surface area contributed by atoms with E-state index >= 15 is 0 Å². The summed E-state index contributed by atoms with van der Waals surface area (Å²) in [5.74, 6) is 0.104. The van der Waals surface area contributed by atoms with Gasteiger partial charge in [-0.1, -0.05) is 0 Å². The third-order valence-corrected chi connectivity index (χ3v) is 2.92. The molecule has 2 heterocycles. The molecule has 1 aromatic heterocycles. The molecule has 1 aromatic rings. The number of hydrogen-bond acceptors (Lipinski definition) is 5. The zero-order chi connectivity index (χ0) is 14.8. The Balaban J connectivity index is 2.11. The second-order valence-corrected chi connectivity index (χ2v) is 4.94. The molecular weight excluding hydrogens is 273 g/mol. The molecule has 1 aliphatic heterocycles. The van der Waals surface area contributed by atoms with Crippen LogP contribution >= 0.6 is 0 Å². The first-order valence-electron chi connectivity index (χ1n) is 6.28. The van der Waals surface area contributed by atoms with E-state index in [1.807, 2.05) is 19.0 Å². The minimum Gasteiger partial charge on any atom is -0.373 e. The fraction of sp³-hybridized carbons (Fsp3) is 0.667. The van der Waals surface area contributed by atoms with E-state index in [1.165, 1.54) is 0 Å². The van der Waals surface area contributed by atoms with E-state index in [1.54, 1.807) is 4.90 Å². The van der Waals surface area contributed by atoms with Gasteiger partial charge in [-0.05, 0) is 20.2 Å². The lowest BCUT2D eigenvalue weighted by Gasteiger charge is -2.34. The molecule has 0 bridgehead atoms. The first-order chi connectivity index (χ1) is 9.36. The van der Waals surface area contributed by atoms with Crippen molar-refractivity contribution in [1.29, 1.82) is 0 Å². The number of rotatable bonds is 3. The normalized spacial score (nSPS) is 20.5. The Labute approximate surface area is 115 Å². The van der Waals surface area contributed by atoms with Crippen LogP contribution < -0.4 is 4.90 Å². The summed E-state index contributed by atoms with van der Waals surface area (Å²) in [7, 11) is 3.84. The number of hydrogen-bond donors (Lipinski definition) is 0. The lowest BCUT2D eigenvalue weighted by molar-refractivity contribution is -0.141.